The molecule has 0 spiro atoms. The van der Waals surface area contributed by atoms with Gasteiger partial charge in [-0.1, -0.05) is 18.2 Å². The van der Waals surface area contributed by atoms with Gasteiger partial charge in [0, 0.05) is 17.8 Å². The van der Waals surface area contributed by atoms with E-state index in [2.05, 4.69) is 5.32 Å². The van der Waals surface area contributed by atoms with Crippen molar-refractivity contribution in [3.63, 3.8) is 0 Å². The Hall–Kier alpha value is -3.54. The summed E-state index contributed by atoms with van der Waals surface area (Å²) in [6, 6.07) is 16.7. The molecule has 0 bridgehead atoms. The zero-order valence-corrected chi connectivity index (χ0v) is 17.8. The van der Waals surface area contributed by atoms with Gasteiger partial charge in [-0.25, -0.2) is 0 Å². The van der Waals surface area contributed by atoms with Crippen LogP contribution in [0.1, 0.15) is 57.8 Å². The molecule has 0 aliphatic carbocycles. The second-order valence-electron chi connectivity index (χ2n) is 7.62. The van der Waals surface area contributed by atoms with Crippen molar-refractivity contribution in [1.82, 2.24) is 4.90 Å². The van der Waals surface area contributed by atoms with E-state index < -0.39 is 0 Å². The highest BCUT2D eigenvalue weighted by atomic mass is 16.5. The van der Waals surface area contributed by atoms with E-state index in [0.29, 0.717) is 24.4 Å². The molecule has 0 saturated carbocycles. The predicted octanol–water partition coefficient (Wildman–Crippen LogP) is 5.22. The lowest BCUT2D eigenvalue weighted by Gasteiger charge is -2.26. The zero-order valence-electron chi connectivity index (χ0n) is 17.8. The average molecular weight is 418 g/mol. The fraction of sp³-hybridized carbons (Fsp3) is 0.280. The summed E-state index contributed by atoms with van der Waals surface area (Å²) in [5, 5.41) is 2.84. The van der Waals surface area contributed by atoms with Crippen LogP contribution in [-0.2, 0) is 0 Å². The molecule has 31 heavy (non-hydrogen) atoms. The lowest BCUT2D eigenvalue weighted by Crippen LogP contribution is -2.30. The quantitative estimate of drug-likeness (QED) is 0.596. The highest BCUT2D eigenvalue weighted by molar-refractivity contribution is 6.04. The first-order valence-electron chi connectivity index (χ1n) is 10.6. The SMILES string of the molecule is CCOc1ccc(C2CCCN2C(=O)c2ccc(C)c(NC(=O)c3ccco3)c2)cc1. The fourth-order valence-corrected chi connectivity index (χ4v) is 3.96. The molecule has 4 rings (SSSR count). The van der Waals surface area contributed by atoms with Crippen LogP contribution in [0.4, 0.5) is 5.69 Å². The third-order valence-corrected chi connectivity index (χ3v) is 5.57. The highest BCUT2D eigenvalue weighted by Gasteiger charge is 2.31. The van der Waals surface area contributed by atoms with E-state index in [4.69, 9.17) is 9.15 Å². The number of hydrogen-bond acceptors (Lipinski definition) is 4. The first-order chi connectivity index (χ1) is 15.1. The molecular weight excluding hydrogens is 392 g/mol. The van der Waals surface area contributed by atoms with E-state index in [-0.39, 0.29) is 23.6 Å². The van der Waals surface area contributed by atoms with Crippen molar-refractivity contribution < 1.29 is 18.7 Å². The van der Waals surface area contributed by atoms with Gasteiger partial charge >= 0.3 is 0 Å². The van der Waals surface area contributed by atoms with Crippen LogP contribution in [0, 0.1) is 6.92 Å². The van der Waals surface area contributed by atoms with Crippen molar-refractivity contribution in [3.8, 4) is 5.75 Å². The second kappa shape index (κ2) is 9.08. The van der Waals surface area contributed by atoms with Crippen LogP contribution >= 0.6 is 0 Å². The zero-order chi connectivity index (χ0) is 21.8. The maximum absolute atomic E-state index is 13.3. The Bertz CT molecular complexity index is 1060. The van der Waals surface area contributed by atoms with Crippen LogP contribution < -0.4 is 10.1 Å². The highest BCUT2D eigenvalue weighted by Crippen LogP contribution is 2.34. The first kappa shape index (κ1) is 20.7. The number of nitrogens with one attached hydrogen (secondary N) is 1. The molecule has 1 N–H and O–H groups in total. The number of rotatable bonds is 6. The Kier molecular flexibility index (Phi) is 6.07. The number of hydrogen-bond donors (Lipinski definition) is 1. The largest absolute Gasteiger partial charge is 0.494 e. The molecule has 0 radical (unpaired) electrons. The number of carbonyl (C=O) groups excluding carboxylic acids is 2. The molecule has 1 unspecified atom stereocenters. The fourth-order valence-electron chi connectivity index (χ4n) is 3.96. The van der Waals surface area contributed by atoms with Gasteiger partial charge in [-0.15, -0.1) is 0 Å². The molecule has 6 heteroatoms. The smallest absolute Gasteiger partial charge is 0.291 e. The van der Waals surface area contributed by atoms with Crippen LogP contribution in [0.25, 0.3) is 0 Å². The van der Waals surface area contributed by atoms with Gasteiger partial charge in [0.2, 0.25) is 0 Å². The maximum Gasteiger partial charge on any atom is 0.291 e. The molecule has 1 aliphatic rings. The van der Waals surface area contributed by atoms with Crippen LogP contribution in [0.15, 0.2) is 65.3 Å². The molecule has 1 atom stereocenters. The van der Waals surface area contributed by atoms with Crippen molar-refractivity contribution in [2.75, 3.05) is 18.5 Å². The van der Waals surface area contributed by atoms with Gasteiger partial charge in [-0.05, 0) is 74.2 Å². The summed E-state index contributed by atoms with van der Waals surface area (Å²) >= 11 is 0. The monoisotopic (exact) mass is 418 g/mol. The first-order valence-corrected chi connectivity index (χ1v) is 10.6. The molecule has 160 valence electrons. The van der Waals surface area contributed by atoms with Crippen molar-refractivity contribution in [2.24, 2.45) is 0 Å². The number of amides is 2. The van der Waals surface area contributed by atoms with Gasteiger partial charge in [0.25, 0.3) is 11.8 Å². The van der Waals surface area contributed by atoms with Crippen molar-refractivity contribution in [2.45, 2.75) is 32.7 Å². The van der Waals surface area contributed by atoms with Crippen LogP contribution in [0.5, 0.6) is 5.75 Å². The summed E-state index contributed by atoms with van der Waals surface area (Å²) in [5.74, 6) is 0.680. The van der Waals surface area contributed by atoms with Crippen molar-refractivity contribution in [1.29, 1.82) is 0 Å². The summed E-state index contributed by atoms with van der Waals surface area (Å²) in [6.07, 6.45) is 3.33. The van der Waals surface area contributed by atoms with E-state index in [1.165, 1.54) is 6.26 Å². The Morgan fingerprint density at radius 1 is 1.16 bits per heavy atom. The standard InChI is InChI=1S/C25H26N2O4/c1-3-30-20-12-10-18(11-13-20)22-6-4-14-27(22)25(29)19-9-8-17(2)21(16-19)26-24(28)23-7-5-15-31-23/h5,7-13,15-16,22H,3-4,6,14H2,1-2H3,(H,26,28). The Morgan fingerprint density at radius 2 is 1.97 bits per heavy atom. The summed E-state index contributed by atoms with van der Waals surface area (Å²) in [5.41, 5.74) is 3.14. The number of likely N-dealkylation sites (tertiary alicyclic amines) is 1. The van der Waals surface area contributed by atoms with Gasteiger partial charge in [-0.3, -0.25) is 9.59 Å². The second-order valence-corrected chi connectivity index (χ2v) is 7.62. The van der Waals surface area contributed by atoms with E-state index in [1.807, 2.05) is 55.1 Å². The number of anilines is 1. The van der Waals surface area contributed by atoms with E-state index in [0.717, 1.165) is 29.7 Å². The van der Waals surface area contributed by atoms with Gasteiger partial charge in [0.1, 0.15) is 5.75 Å². The third-order valence-electron chi connectivity index (χ3n) is 5.57. The van der Waals surface area contributed by atoms with Crippen LogP contribution in [0.3, 0.4) is 0 Å². The molecule has 3 aromatic rings. The number of benzene rings is 2. The van der Waals surface area contributed by atoms with Gasteiger partial charge in [0.05, 0.1) is 18.9 Å². The number of furan rings is 1. The summed E-state index contributed by atoms with van der Waals surface area (Å²) < 4.78 is 10.7. The summed E-state index contributed by atoms with van der Waals surface area (Å²) in [4.78, 5) is 27.6. The van der Waals surface area contributed by atoms with E-state index in [1.54, 1.807) is 18.2 Å². The molecule has 2 heterocycles. The third kappa shape index (κ3) is 4.48. The number of aryl methyl sites for hydroxylation is 1. The molecule has 1 saturated heterocycles. The number of carbonyl (C=O) groups is 2. The number of ether oxygens (including phenoxy) is 1. The van der Waals surface area contributed by atoms with Crippen molar-refractivity contribution in [3.05, 3.63) is 83.3 Å². The summed E-state index contributed by atoms with van der Waals surface area (Å²) in [6.45, 7) is 5.18. The van der Waals surface area contributed by atoms with Gasteiger partial charge in [0.15, 0.2) is 5.76 Å². The minimum atomic E-state index is -0.342. The topological polar surface area (TPSA) is 71.8 Å². The molecule has 6 nitrogen and oxygen atoms in total. The van der Waals surface area contributed by atoms with Crippen LogP contribution in [0.2, 0.25) is 0 Å². The molecule has 2 amide bonds. The maximum atomic E-state index is 13.3. The summed E-state index contributed by atoms with van der Waals surface area (Å²) in [7, 11) is 0. The normalized spacial score (nSPS) is 15.7. The average Bonchev–Trinajstić information content (AvgIpc) is 3.48. The minimum Gasteiger partial charge on any atom is -0.494 e. The Balaban J connectivity index is 1.53. The van der Waals surface area contributed by atoms with E-state index in [9.17, 15) is 9.59 Å². The Morgan fingerprint density at radius 3 is 2.68 bits per heavy atom. The number of nitrogens with zero attached hydrogens (tertiary/aromatic N) is 1. The molecule has 1 aromatic heterocycles. The van der Waals surface area contributed by atoms with Crippen LogP contribution in [-0.4, -0.2) is 29.9 Å². The minimum absolute atomic E-state index is 0.0330. The van der Waals surface area contributed by atoms with Gasteiger partial charge in [-0.2, -0.15) is 0 Å². The predicted molar refractivity (Wildman–Crippen MR) is 118 cm³/mol. The van der Waals surface area contributed by atoms with E-state index >= 15 is 0 Å². The lowest BCUT2D eigenvalue weighted by molar-refractivity contribution is 0.0735. The van der Waals surface area contributed by atoms with Crippen molar-refractivity contribution >= 4 is 17.5 Å². The van der Waals surface area contributed by atoms with Gasteiger partial charge < -0.3 is 19.4 Å². The molecular formula is C25H26N2O4. The Labute approximate surface area is 181 Å². The molecule has 1 fully saturated rings. The molecule has 2 aromatic carbocycles. The molecule has 1 aliphatic heterocycles. The lowest BCUT2D eigenvalue weighted by atomic mass is 10.0.